The second-order valence-electron chi connectivity index (χ2n) is 6.71. The normalized spacial score (nSPS) is 15.5. The quantitative estimate of drug-likeness (QED) is 0.762. The number of hydrogen-bond donors (Lipinski definition) is 2. The molecule has 0 amide bonds. The summed E-state index contributed by atoms with van der Waals surface area (Å²) in [6.07, 6.45) is 2.21. The number of aromatic carboxylic acids is 1. The molecule has 0 bridgehead atoms. The predicted octanol–water partition coefficient (Wildman–Crippen LogP) is 3.85. The number of carboxylic acids is 1. The Kier molecular flexibility index (Phi) is 4.28. The van der Waals surface area contributed by atoms with E-state index >= 15 is 0 Å². The first kappa shape index (κ1) is 15.9. The fourth-order valence-electron chi connectivity index (χ4n) is 3.91. The molecule has 1 aliphatic heterocycles. The van der Waals surface area contributed by atoms with Gasteiger partial charge in [-0.25, -0.2) is 4.79 Å². The number of fused-ring (bicyclic) bond motifs is 1. The lowest BCUT2D eigenvalue weighted by molar-refractivity contribution is 0.0686. The number of nitrogens with one attached hydrogen (secondary N) is 1. The number of carboxylic acid groups (broad SMARTS) is 1. The molecule has 2 N–H and O–H groups in total. The Balaban J connectivity index is 1.83. The zero-order valence-corrected chi connectivity index (χ0v) is 14.1. The van der Waals surface area contributed by atoms with Crippen molar-refractivity contribution in [2.75, 3.05) is 13.1 Å². The summed E-state index contributed by atoms with van der Waals surface area (Å²) in [4.78, 5) is 11.8. The molecule has 3 aromatic rings. The van der Waals surface area contributed by atoms with Crippen LogP contribution in [0.3, 0.4) is 0 Å². The van der Waals surface area contributed by atoms with Crippen LogP contribution in [0.25, 0.3) is 10.9 Å². The second kappa shape index (κ2) is 6.73. The molecule has 2 aromatic carbocycles. The van der Waals surface area contributed by atoms with Crippen molar-refractivity contribution < 1.29 is 9.90 Å². The van der Waals surface area contributed by atoms with Crippen LogP contribution in [0.1, 0.15) is 40.4 Å². The summed E-state index contributed by atoms with van der Waals surface area (Å²) in [6.45, 7) is 2.62. The molecular weight excluding hydrogens is 312 g/mol. The average Bonchev–Trinajstić information content (AvgIpc) is 3.02. The summed E-state index contributed by atoms with van der Waals surface area (Å²) in [7, 11) is 0. The van der Waals surface area contributed by atoms with Crippen LogP contribution in [0.4, 0.5) is 0 Å². The standard InChI is InChI=1S/C21H22N2O2/c24-21(25)20-13-18-17(16-9-11-22-12-10-16)7-4-8-19(18)23(20)14-15-5-2-1-3-6-15/h1-8,13,16,22H,9-12,14H2,(H,24,25). The van der Waals surface area contributed by atoms with E-state index in [4.69, 9.17) is 0 Å². The van der Waals surface area contributed by atoms with Crippen molar-refractivity contribution in [3.8, 4) is 0 Å². The second-order valence-corrected chi connectivity index (χ2v) is 6.71. The molecule has 0 unspecified atom stereocenters. The first-order valence-corrected chi connectivity index (χ1v) is 8.84. The molecule has 0 spiro atoms. The van der Waals surface area contributed by atoms with E-state index in [1.807, 2.05) is 47.0 Å². The van der Waals surface area contributed by atoms with Crippen molar-refractivity contribution in [1.29, 1.82) is 0 Å². The first-order chi connectivity index (χ1) is 12.2. The molecule has 0 radical (unpaired) electrons. The maximum absolute atomic E-state index is 11.8. The maximum Gasteiger partial charge on any atom is 0.352 e. The fourth-order valence-corrected chi connectivity index (χ4v) is 3.91. The topological polar surface area (TPSA) is 54.3 Å². The van der Waals surface area contributed by atoms with Gasteiger partial charge in [-0.2, -0.15) is 0 Å². The summed E-state index contributed by atoms with van der Waals surface area (Å²) in [5, 5.41) is 14.2. The molecule has 4 nitrogen and oxygen atoms in total. The summed E-state index contributed by atoms with van der Waals surface area (Å²) >= 11 is 0. The van der Waals surface area contributed by atoms with Gasteiger partial charge in [-0.1, -0.05) is 42.5 Å². The van der Waals surface area contributed by atoms with Gasteiger partial charge in [0.1, 0.15) is 5.69 Å². The highest BCUT2D eigenvalue weighted by Gasteiger charge is 2.21. The summed E-state index contributed by atoms with van der Waals surface area (Å²) in [5.74, 6) is -0.373. The van der Waals surface area contributed by atoms with E-state index in [9.17, 15) is 9.90 Å². The lowest BCUT2D eigenvalue weighted by atomic mass is 9.88. The Hall–Kier alpha value is -2.59. The predicted molar refractivity (Wildman–Crippen MR) is 99.3 cm³/mol. The van der Waals surface area contributed by atoms with Gasteiger partial charge >= 0.3 is 5.97 Å². The molecule has 1 aliphatic rings. The van der Waals surface area contributed by atoms with Crippen LogP contribution in [-0.2, 0) is 6.54 Å². The largest absolute Gasteiger partial charge is 0.477 e. The number of aromatic nitrogens is 1. The van der Waals surface area contributed by atoms with E-state index in [1.54, 1.807) is 0 Å². The molecule has 4 rings (SSSR count). The molecule has 2 heterocycles. The number of benzene rings is 2. The van der Waals surface area contributed by atoms with Crippen LogP contribution < -0.4 is 5.32 Å². The molecule has 1 aromatic heterocycles. The Bertz CT molecular complexity index is 893. The SMILES string of the molecule is O=C(O)c1cc2c(C3CCNCC3)cccc2n1Cc1ccccc1. The minimum absolute atomic E-state index is 0.361. The zero-order valence-electron chi connectivity index (χ0n) is 14.1. The Morgan fingerprint density at radius 1 is 1.08 bits per heavy atom. The molecule has 25 heavy (non-hydrogen) atoms. The Labute approximate surface area is 147 Å². The number of rotatable bonds is 4. The van der Waals surface area contributed by atoms with E-state index in [-0.39, 0.29) is 0 Å². The van der Waals surface area contributed by atoms with Crippen molar-refractivity contribution in [1.82, 2.24) is 9.88 Å². The van der Waals surface area contributed by atoms with Gasteiger partial charge in [0.2, 0.25) is 0 Å². The molecular formula is C21H22N2O2. The van der Waals surface area contributed by atoms with Crippen LogP contribution in [0.5, 0.6) is 0 Å². The third-order valence-corrected chi connectivity index (χ3v) is 5.16. The molecule has 128 valence electrons. The van der Waals surface area contributed by atoms with E-state index in [0.717, 1.165) is 42.4 Å². The lowest BCUT2D eigenvalue weighted by Crippen LogP contribution is -2.26. The first-order valence-electron chi connectivity index (χ1n) is 8.84. The highest BCUT2D eigenvalue weighted by Crippen LogP contribution is 2.33. The molecule has 0 atom stereocenters. The highest BCUT2D eigenvalue weighted by molar-refractivity contribution is 5.96. The highest BCUT2D eigenvalue weighted by atomic mass is 16.4. The molecule has 1 saturated heterocycles. The van der Waals surface area contributed by atoms with Crippen LogP contribution in [-0.4, -0.2) is 28.7 Å². The number of piperidine rings is 1. The number of hydrogen-bond acceptors (Lipinski definition) is 2. The Morgan fingerprint density at radius 2 is 1.84 bits per heavy atom. The monoisotopic (exact) mass is 334 g/mol. The van der Waals surface area contributed by atoms with Gasteiger partial charge in [0, 0.05) is 17.4 Å². The van der Waals surface area contributed by atoms with Crippen LogP contribution in [0, 0.1) is 0 Å². The lowest BCUT2D eigenvalue weighted by Gasteiger charge is -2.23. The van der Waals surface area contributed by atoms with Gasteiger partial charge in [0.15, 0.2) is 0 Å². The van der Waals surface area contributed by atoms with Gasteiger partial charge in [-0.3, -0.25) is 0 Å². The molecule has 4 heteroatoms. The van der Waals surface area contributed by atoms with Gasteiger partial charge in [-0.15, -0.1) is 0 Å². The zero-order chi connectivity index (χ0) is 17.2. The minimum Gasteiger partial charge on any atom is -0.477 e. The Morgan fingerprint density at radius 3 is 2.56 bits per heavy atom. The van der Waals surface area contributed by atoms with Crippen molar-refractivity contribution in [3.05, 3.63) is 71.4 Å². The smallest absolute Gasteiger partial charge is 0.352 e. The summed E-state index contributed by atoms with van der Waals surface area (Å²) in [6, 6.07) is 18.1. The van der Waals surface area contributed by atoms with Crippen LogP contribution in [0.2, 0.25) is 0 Å². The number of carbonyl (C=O) groups is 1. The van der Waals surface area contributed by atoms with Crippen LogP contribution in [0.15, 0.2) is 54.6 Å². The van der Waals surface area contributed by atoms with Gasteiger partial charge in [-0.05, 0) is 55.1 Å². The number of nitrogens with zero attached hydrogens (tertiary/aromatic N) is 1. The van der Waals surface area contributed by atoms with Crippen LogP contribution >= 0.6 is 0 Å². The third-order valence-electron chi connectivity index (χ3n) is 5.16. The van der Waals surface area contributed by atoms with E-state index in [1.165, 1.54) is 5.56 Å². The molecule has 0 saturated carbocycles. The minimum atomic E-state index is -0.872. The van der Waals surface area contributed by atoms with Crippen molar-refractivity contribution in [3.63, 3.8) is 0 Å². The van der Waals surface area contributed by atoms with E-state index in [0.29, 0.717) is 18.2 Å². The van der Waals surface area contributed by atoms with Crippen molar-refractivity contribution in [2.24, 2.45) is 0 Å². The van der Waals surface area contributed by atoms with Crippen molar-refractivity contribution >= 4 is 16.9 Å². The fraction of sp³-hybridized carbons (Fsp3) is 0.286. The van der Waals surface area contributed by atoms with E-state index in [2.05, 4.69) is 17.4 Å². The molecule has 0 aliphatic carbocycles. The van der Waals surface area contributed by atoms with Crippen molar-refractivity contribution in [2.45, 2.75) is 25.3 Å². The third kappa shape index (κ3) is 3.05. The van der Waals surface area contributed by atoms with Gasteiger partial charge in [0.25, 0.3) is 0 Å². The summed E-state index contributed by atoms with van der Waals surface area (Å²) in [5.41, 5.74) is 3.76. The maximum atomic E-state index is 11.8. The van der Waals surface area contributed by atoms with Gasteiger partial charge < -0.3 is 15.0 Å². The summed E-state index contributed by atoms with van der Waals surface area (Å²) < 4.78 is 1.93. The average molecular weight is 334 g/mol. The van der Waals surface area contributed by atoms with E-state index < -0.39 is 5.97 Å². The molecule has 1 fully saturated rings. The van der Waals surface area contributed by atoms with Gasteiger partial charge in [0.05, 0.1) is 0 Å².